The minimum absolute atomic E-state index is 0.151. The Hall–Kier alpha value is -2.88. The molecule has 0 aliphatic carbocycles. The quantitative estimate of drug-likeness (QED) is 0.445. The predicted molar refractivity (Wildman–Crippen MR) is 130 cm³/mol. The van der Waals surface area contributed by atoms with Gasteiger partial charge in [-0.25, -0.2) is 4.98 Å². The molecular weight excluding hydrogens is 493 g/mol. The molecule has 0 fully saturated rings. The van der Waals surface area contributed by atoms with Gasteiger partial charge in [0.1, 0.15) is 18.5 Å². The number of hydrogen-bond donors (Lipinski definition) is 1. The lowest BCUT2D eigenvalue weighted by molar-refractivity contribution is -0.137. The Balaban J connectivity index is 1.71. The number of aromatic nitrogens is 2. The molecule has 0 radical (unpaired) electrons. The van der Waals surface area contributed by atoms with Crippen LogP contribution in [0.2, 0.25) is 5.15 Å². The molecule has 0 spiro atoms. The molecule has 1 amide bonds. The van der Waals surface area contributed by atoms with Gasteiger partial charge in [-0.15, -0.1) is 0 Å². The number of halogens is 4. The van der Waals surface area contributed by atoms with Crippen LogP contribution >= 0.6 is 11.6 Å². The Morgan fingerprint density at radius 1 is 1.17 bits per heavy atom. The first-order valence-corrected chi connectivity index (χ1v) is 12.0. The van der Waals surface area contributed by atoms with E-state index < -0.39 is 17.8 Å². The molecule has 1 aliphatic heterocycles. The second-order valence-corrected chi connectivity index (χ2v) is 9.06. The smallest absolute Gasteiger partial charge is 0.377 e. The van der Waals surface area contributed by atoms with Gasteiger partial charge in [-0.3, -0.25) is 9.69 Å². The molecule has 2 atom stereocenters. The van der Waals surface area contributed by atoms with E-state index in [0.717, 1.165) is 29.0 Å². The second-order valence-electron chi connectivity index (χ2n) is 8.70. The number of fused-ring (bicyclic) bond motifs is 1. The number of nitrogens with zero attached hydrogens (tertiary/aromatic N) is 3. The van der Waals surface area contributed by atoms with E-state index >= 15 is 0 Å². The number of nitrogens with one attached hydrogen (secondary N) is 1. The van der Waals surface area contributed by atoms with E-state index in [1.165, 1.54) is 12.1 Å². The molecule has 2 aromatic carbocycles. The average molecular weight is 521 g/mol. The van der Waals surface area contributed by atoms with Gasteiger partial charge < -0.3 is 14.6 Å². The Kier molecular flexibility index (Phi) is 8.02. The number of hydrogen-bond acceptors (Lipinski definition) is 4. The van der Waals surface area contributed by atoms with Crippen molar-refractivity contribution in [2.75, 3.05) is 20.7 Å². The number of ether oxygens (including phenoxy) is 1. The fraction of sp³-hybridized carbons (Fsp3) is 0.385. The molecule has 36 heavy (non-hydrogen) atoms. The van der Waals surface area contributed by atoms with Crippen LogP contribution in [-0.2, 0) is 35.3 Å². The largest absolute Gasteiger partial charge is 0.416 e. The standard InChI is InChI=1S/C26H28ClF3N4O2/c1-31-25(35)22(18-6-4-3-5-7-18)33-14-15-34-21(16-36-2)32-24(27)23(34)20(33)13-10-17-8-11-19(12-9-17)26(28,29)30/h3-9,11-12,20,22H,10,13-16H2,1-2H3,(H,31,35)/t20-,22+/m0/s1. The molecule has 2 heterocycles. The molecule has 0 unspecified atom stereocenters. The van der Waals surface area contributed by atoms with Crippen LogP contribution in [-0.4, -0.2) is 41.1 Å². The molecule has 3 aromatic rings. The summed E-state index contributed by atoms with van der Waals surface area (Å²) in [5.41, 5.74) is 1.72. The van der Waals surface area contributed by atoms with Crippen LogP contribution in [0.5, 0.6) is 0 Å². The highest BCUT2D eigenvalue weighted by Gasteiger charge is 2.39. The van der Waals surface area contributed by atoms with Crippen molar-refractivity contribution in [1.82, 2.24) is 19.8 Å². The van der Waals surface area contributed by atoms with Crippen molar-refractivity contribution in [3.8, 4) is 0 Å². The molecule has 6 nitrogen and oxygen atoms in total. The van der Waals surface area contributed by atoms with Crippen LogP contribution in [0, 0.1) is 0 Å². The summed E-state index contributed by atoms with van der Waals surface area (Å²) >= 11 is 6.64. The third-order valence-electron chi connectivity index (χ3n) is 6.54. The number of likely N-dealkylation sites (N-methyl/N-ethyl adjacent to an activating group) is 1. The third kappa shape index (κ3) is 5.43. The van der Waals surface area contributed by atoms with Crippen LogP contribution in [0.3, 0.4) is 0 Å². The van der Waals surface area contributed by atoms with Gasteiger partial charge in [0.2, 0.25) is 5.91 Å². The molecule has 4 rings (SSSR count). The van der Waals surface area contributed by atoms with Crippen molar-refractivity contribution in [2.45, 2.75) is 44.3 Å². The first-order chi connectivity index (χ1) is 17.2. The summed E-state index contributed by atoms with van der Waals surface area (Å²) in [6.07, 6.45) is -3.36. The number of imidazole rings is 1. The molecule has 0 saturated carbocycles. The Morgan fingerprint density at radius 3 is 2.47 bits per heavy atom. The van der Waals surface area contributed by atoms with Gasteiger partial charge in [0.15, 0.2) is 5.15 Å². The minimum atomic E-state index is -4.38. The Bertz CT molecular complexity index is 1180. The first-order valence-electron chi connectivity index (χ1n) is 11.7. The van der Waals surface area contributed by atoms with E-state index in [9.17, 15) is 18.0 Å². The van der Waals surface area contributed by atoms with Crippen LogP contribution in [0.25, 0.3) is 0 Å². The predicted octanol–water partition coefficient (Wildman–Crippen LogP) is 5.18. The summed E-state index contributed by atoms with van der Waals surface area (Å²) in [4.78, 5) is 19.8. The minimum Gasteiger partial charge on any atom is -0.377 e. The van der Waals surface area contributed by atoms with E-state index in [0.29, 0.717) is 43.5 Å². The zero-order chi connectivity index (χ0) is 25.9. The van der Waals surface area contributed by atoms with Crippen molar-refractivity contribution in [2.24, 2.45) is 0 Å². The number of carbonyl (C=O) groups excluding carboxylic acids is 1. The summed E-state index contributed by atoms with van der Waals surface area (Å²) < 4.78 is 46.3. The Labute approximate surface area is 213 Å². The summed E-state index contributed by atoms with van der Waals surface area (Å²) in [6, 6.07) is 13.8. The number of amides is 1. The zero-order valence-electron chi connectivity index (χ0n) is 20.1. The van der Waals surface area contributed by atoms with Crippen molar-refractivity contribution < 1.29 is 22.7 Å². The van der Waals surface area contributed by atoms with Gasteiger partial charge in [0.25, 0.3) is 0 Å². The van der Waals surface area contributed by atoms with Crippen LogP contribution in [0.15, 0.2) is 54.6 Å². The van der Waals surface area contributed by atoms with Crippen molar-refractivity contribution in [3.05, 3.63) is 88.0 Å². The van der Waals surface area contributed by atoms with E-state index in [1.54, 1.807) is 14.2 Å². The van der Waals surface area contributed by atoms with E-state index in [-0.39, 0.29) is 11.9 Å². The number of rotatable bonds is 8. The monoisotopic (exact) mass is 520 g/mol. The van der Waals surface area contributed by atoms with Crippen molar-refractivity contribution in [1.29, 1.82) is 0 Å². The number of alkyl halides is 3. The lowest BCUT2D eigenvalue weighted by atomic mass is 9.95. The maximum atomic E-state index is 13.1. The van der Waals surface area contributed by atoms with Gasteiger partial charge in [-0.05, 0) is 36.1 Å². The van der Waals surface area contributed by atoms with E-state index in [4.69, 9.17) is 16.3 Å². The van der Waals surface area contributed by atoms with Crippen molar-refractivity contribution in [3.63, 3.8) is 0 Å². The lowest BCUT2D eigenvalue weighted by Gasteiger charge is -2.41. The fourth-order valence-electron chi connectivity index (χ4n) is 4.86. The van der Waals surface area contributed by atoms with Gasteiger partial charge >= 0.3 is 6.18 Å². The zero-order valence-corrected chi connectivity index (χ0v) is 20.8. The summed E-state index contributed by atoms with van der Waals surface area (Å²) in [6.45, 7) is 1.43. The van der Waals surface area contributed by atoms with Crippen LogP contribution in [0.4, 0.5) is 13.2 Å². The highest BCUT2D eigenvalue weighted by atomic mass is 35.5. The maximum Gasteiger partial charge on any atom is 0.416 e. The van der Waals surface area contributed by atoms with Gasteiger partial charge in [-0.1, -0.05) is 54.1 Å². The topological polar surface area (TPSA) is 59.4 Å². The highest BCUT2D eigenvalue weighted by Crippen LogP contribution is 2.40. The van der Waals surface area contributed by atoms with E-state index in [1.807, 2.05) is 34.9 Å². The van der Waals surface area contributed by atoms with Gasteiger partial charge in [0.05, 0.1) is 17.3 Å². The summed E-state index contributed by atoms with van der Waals surface area (Å²) in [5, 5.41) is 3.12. The first kappa shape index (κ1) is 26.2. The summed E-state index contributed by atoms with van der Waals surface area (Å²) in [5.74, 6) is 0.551. The molecule has 0 bridgehead atoms. The van der Waals surface area contributed by atoms with Crippen LogP contribution in [0.1, 0.15) is 46.7 Å². The molecule has 1 aliphatic rings. The molecule has 192 valence electrons. The normalized spacial score (nSPS) is 17.0. The molecule has 0 saturated heterocycles. The van der Waals surface area contributed by atoms with Gasteiger partial charge in [0, 0.05) is 27.2 Å². The maximum absolute atomic E-state index is 13.1. The SMILES string of the molecule is CNC(=O)[C@@H](c1ccccc1)N1CCn2c(COC)nc(Cl)c2[C@@H]1CCc1ccc(C(F)(F)F)cc1. The molecular formula is C26H28ClF3N4O2. The molecule has 1 aromatic heterocycles. The van der Waals surface area contributed by atoms with Crippen LogP contribution < -0.4 is 5.32 Å². The Morgan fingerprint density at radius 2 is 1.86 bits per heavy atom. The van der Waals surface area contributed by atoms with Crippen molar-refractivity contribution >= 4 is 17.5 Å². The number of aryl methyl sites for hydroxylation is 1. The highest BCUT2D eigenvalue weighted by molar-refractivity contribution is 6.30. The second kappa shape index (κ2) is 11.0. The number of carbonyl (C=O) groups is 1. The van der Waals surface area contributed by atoms with E-state index in [2.05, 4.69) is 15.2 Å². The average Bonchev–Trinajstić information content (AvgIpc) is 3.19. The molecule has 10 heteroatoms. The molecule has 1 N–H and O–H groups in total. The lowest BCUT2D eigenvalue weighted by Crippen LogP contribution is -2.46. The third-order valence-corrected chi connectivity index (χ3v) is 6.82. The number of benzene rings is 2. The van der Waals surface area contributed by atoms with Gasteiger partial charge in [-0.2, -0.15) is 13.2 Å². The summed E-state index contributed by atoms with van der Waals surface area (Å²) in [7, 11) is 3.19. The number of methoxy groups -OCH3 is 1. The fourth-order valence-corrected chi connectivity index (χ4v) is 5.18.